The number of hydrogen-bond acceptors (Lipinski definition) is 4. The molecule has 0 atom stereocenters. The number of carbonyl (C=O) groups is 2. The van der Waals surface area contributed by atoms with Crippen molar-refractivity contribution in [2.75, 3.05) is 32.5 Å². The molecule has 3 N–H and O–H groups in total. The van der Waals surface area contributed by atoms with Gasteiger partial charge in [-0.25, -0.2) is 0 Å². The minimum atomic E-state index is -0.218. The molecule has 3 aromatic rings. The summed E-state index contributed by atoms with van der Waals surface area (Å²) in [6.45, 7) is 3.34. The number of amides is 2. The first-order valence-corrected chi connectivity index (χ1v) is 9.84. The summed E-state index contributed by atoms with van der Waals surface area (Å²) in [4.78, 5) is 34.0. The highest BCUT2D eigenvalue weighted by molar-refractivity contribution is 6.07. The summed E-state index contributed by atoms with van der Waals surface area (Å²) >= 11 is 0. The maximum Gasteiger partial charge on any atom is 0.272 e. The first kappa shape index (κ1) is 21.3. The first-order valence-electron chi connectivity index (χ1n) is 9.84. The number of anilines is 1. The molecule has 1 aromatic carbocycles. The highest BCUT2D eigenvalue weighted by atomic mass is 16.2. The molecule has 2 heterocycles. The largest absolute Gasteiger partial charge is 0.355 e. The molecule has 7 nitrogen and oxygen atoms in total. The monoisotopic (exact) mass is 405 g/mol. The molecule has 0 saturated heterocycles. The minimum absolute atomic E-state index is 0.0162. The number of hydrogen-bond donors (Lipinski definition) is 3. The molecule has 3 rings (SSSR count). The van der Waals surface area contributed by atoms with Gasteiger partial charge in [-0.1, -0.05) is 12.1 Å². The lowest BCUT2D eigenvalue weighted by molar-refractivity contribution is -0.120. The molecule has 0 aliphatic carbocycles. The highest BCUT2D eigenvalue weighted by Crippen LogP contribution is 2.25. The number of nitrogens with one attached hydrogen (secondary N) is 3. The van der Waals surface area contributed by atoms with E-state index >= 15 is 0 Å². The Bertz CT molecular complexity index is 994. The van der Waals surface area contributed by atoms with Crippen LogP contribution in [0, 0.1) is 6.92 Å². The van der Waals surface area contributed by atoms with Crippen LogP contribution in [0.15, 0.2) is 54.9 Å². The Labute approximate surface area is 176 Å². The molecule has 30 heavy (non-hydrogen) atoms. The zero-order valence-corrected chi connectivity index (χ0v) is 17.5. The molecule has 7 heteroatoms. The van der Waals surface area contributed by atoms with E-state index in [0.29, 0.717) is 24.3 Å². The van der Waals surface area contributed by atoms with Gasteiger partial charge in [0.2, 0.25) is 5.91 Å². The summed E-state index contributed by atoms with van der Waals surface area (Å²) in [7, 11) is 3.93. The topological polar surface area (TPSA) is 90.1 Å². The van der Waals surface area contributed by atoms with Crippen molar-refractivity contribution in [3.63, 3.8) is 0 Å². The van der Waals surface area contributed by atoms with Gasteiger partial charge in [0.15, 0.2) is 0 Å². The number of benzene rings is 1. The molecule has 0 unspecified atom stereocenters. The fourth-order valence-corrected chi connectivity index (χ4v) is 3.09. The van der Waals surface area contributed by atoms with E-state index < -0.39 is 0 Å². The quantitative estimate of drug-likeness (QED) is 0.538. The Morgan fingerprint density at radius 3 is 2.43 bits per heavy atom. The van der Waals surface area contributed by atoms with Gasteiger partial charge in [-0.05, 0) is 62.5 Å². The molecule has 0 spiro atoms. The lowest BCUT2D eigenvalue weighted by Crippen LogP contribution is -2.32. The van der Waals surface area contributed by atoms with E-state index in [-0.39, 0.29) is 11.8 Å². The second kappa shape index (κ2) is 9.84. The zero-order valence-electron chi connectivity index (χ0n) is 17.5. The Morgan fingerprint density at radius 2 is 1.77 bits per heavy atom. The second-order valence-corrected chi connectivity index (χ2v) is 7.46. The molecule has 0 aliphatic rings. The Hall–Kier alpha value is -3.45. The van der Waals surface area contributed by atoms with E-state index in [1.165, 1.54) is 0 Å². The van der Waals surface area contributed by atoms with Crippen LogP contribution in [0.1, 0.15) is 21.7 Å². The van der Waals surface area contributed by atoms with E-state index in [4.69, 9.17) is 0 Å². The van der Waals surface area contributed by atoms with Crippen LogP contribution in [0.5, 0.6) is 0 Å². The smallest absolute Gasteiger partial charge is 0.272 e. The molecular formula is C23H27N5O2. The molecule has 0 aliphatic heterocycles. The summed E-state index contributed by atoms with van der Waals surface area (Å²) in [6.07, 6.45) is 3.72. The molecule has 0 saturated carbocycles. The van der Waals surface area contributed by atoms with E-state index in [2.05, 4.69) is 20.6 Å². The fraction of sp³-hybridized carbons (Fsp3) is 0.261. The normalized spacial score (nSPS) is 10.8. The van der Waals surface area contributed by atoms with Gasteiger partial charge in [0.25, 0.3) is 5.91 Å². The Morgan fingerprint density at radius 1 is 1.07 bits per heavy atom. The average molecular weight is 406 g/mol. The van der Waals surface area contributed by atoms with Crippen LogP contribution < -0.4 is 10.6 Å². The van der Waals surface area contributed by atoms with Crippen molar-refractivity contribution in [1.82, 2.24) is 20.2 Å². The lowest BCUT2D eigenvalue weighted by Gasteiger charge is -2.11. The molecular weight excluding hydrogens is 378 g/mol. The van der Waals surface area contributed by atoms with Gasteiger partial charge in [-0.15, -0.1) is 0 Å². The molecule has 0 radical (unpaired) electrons. The lowest BCUT2D eigenvalue weighted by atomic mass is 10.1. The van der Waals surface area contributed by atoms with Crippen LogP contribution in [0.3, 0.4) is 0 Å². The van der Waals surface area contributed by atoms with E-state index in [1.807, 2.05) is 68.4 Å². The number of aromatic amines is 1. The Kier molecular flexibility index (Phi) is 6.98. The summed E-state index contributed by atoms with van der Waals surface area (Å²) < 4.78 is 0. The van der Waals surface area contributed by atoms with Gasteiger partial charge in [-0.3, -0.25) is 14.6 Å². The number of aromatic nitrogens is 2. The van der Waals surface area contributed by atoms with Gasteiger partial charge in [-0.2, -0.15) is 0 Å². The molecule has 0 bridgehead atoms. The van der Waals surface area contributed by atoms with Gasteiger partial charge in [0, 0.05) is 42.4 Å². The van der Waals surface area contributed by atoms with Crippen LogP contribution in [0.4, 0.5) is 5.69 Å². The van der Waals surface area contributed by atoms with Gasteiger partial charge >= 0.3 is 0 Å². The number of rotatable bonds is 8. The van der Waals surface area contributed by atoms with Gasteiger partial charge in [0.05, 0.1) is 6.42 Å². The summed E-state index contributed by atoms with van der Waals surface area (Å²) in [5, 5.41) is 5.81. The predicted molar refractivity (Wildman–Crippen MR) is 118 cm³/mol. The van der Waals surface area contributed by atoms with Crippen molar-refractivity contribution < 1.29 is 9.59 Å². The van der Waals surface area contributed by atoms with Crippen molar-refractivity contribution in [3.8, 4) is 11.1 Å². The number of pyridine rings is 1. The predicted octanol–water partition coefficient (Wildman–Crippen LogP) is 2.86. The van der Waals surface area contributed by atoms with E-state index in [0.717, 1.165) is 28.9 Å². The van der Waals surface area contributed by atoms with Gasteiger partial charge in [0.1, 0.15) is 5.69 Å². The van der Waals surface area contributed by atoms with Crippen molar-refractivity contribution >= 4 is 17.5 Å². The number of aryl methyl sites for hydroxylation is 1. The SMILES string of the molecule is Cc1cc(-c2ccncc2)c(C(=O)Nc2ccc(CC(=O)NCCN(C)C)cc2)[nH]1. The van der Waals surface area contributed by atoms with Crippen LogP contribution in [0.2, 0.25) is 0 Å². The maximum atomic E-state index is 12.8. The Balaban J connectivity index is 1.62. The van der Waals surface area contributed by atoms with Crippen molar-refractivity contribution in [3.05, 3.63) is 71.8 Å². The first-order chi connectivity index (χ1) is 14.4. The number of carbonyl (C=O) groups excluding carboxylic acids is 2. The standard InChI is InChI=1S/C23H27N5O2/c1-16-14-20(18-8-10-24-11-9-18)22(26-16)23(30)27-19-6-4-17(5-7-19)15-21(29)25-12-13-28(2)3/h4-11,14,26H,12-13,15H2,1-3H3,(H,25,29)(H,27,30). The van der Waals surface area contributed by atoms with Crippen LogP contribution in [-0.2, 0) is 11.2 Å². The third kappa shape index (κ3) is 5.78. The third-order valence-electron chi connectivity index (χ3n) is 4.63. The fourth-order valence-electron chi connectivity index (χ4n) is 3.09. The number of nitrogens with zero attached hydrogens (tertiary/aromatic N) is 2. The molecule has 2 aromatic heterocycles. The van der Waals surface area contributed by atoms with Crippen molar-refractivity contribution in [2.45, 2.75) is 13.3 Å². The summed E-state index contributed by atoms with van der Waals surface area (Å²) in [5.74, 6) is -0.235. The van der Waals surface area contributed by atoms with Crippen molar-refractivity contribution in [2.24, 2.45) is 0 Å². The second-order valence-electron chi connectivity index (χ2n) is 7.46. The number of likely N-dealkylation sites (N-methyl/N-ethyl adjacent to an activating group) is 1. The van der Waals surface area contributed by atoms with E-state index in [1.54, 1.807) is 12.4 Å². The van der Waals surface area contributed by atoms with Crippen LogP contribution in [0.25, 0.3) is 11.1 Å². The van der Waals surface area contributed by atoms with Crippen molar-refractivity contribution in [1.29, 1.82) is 0 Å². The third-order valence-corrected chi connectivity index (χ3v) is 4.63. The number of H-pyrrole nitrogens is 1. The van der Waals surface area contributed by atoms with Crippen LogP contribution >= 0.6 is 0 Å². The molecule has 0 fully saturated rings. The molecule has 2 amide bonds. The summed E-state index contributed by atoms with van der Waals surface area (Å²) in [6, 6.07) is 13.0. The molecule has 156 valence electrons. The zero-order chi connectivity index (χ0) is 21.5. The van der Waals surface area contributed by atoms with E-state index in [9.17, 15) is 9.59 Å². The maximum absolute atomic E-state index is 12.8. The summed E-state index contributed by atoms with van der Waals surface area (Å²) in [5.41, 5.74) is 4.73. The highest BCUT2D eigenvalue weighted by Gasteiger charge is 2.16. The average Bonchev–Trinajstić information content (AvgIpc) is 3.12. The van der Waals surface area contributed by atoms with Crippen LogP contribution in [-0.4, -0.2) is 53.9 Å². The minimum Gasteiger partial charge on any atom is -0.355 e. The van der Waals surface area contributed by atoms with Gasteiger partial charge < -0.3 is 20.5 Å².